The van der Waals surface area contributed by atoms with E-state index < -0.39 is 0 Å². The van der Waals surface area contributed by atoms with Crippen molar-refractivity contribution in [1.82, 2.24) is 10.2 Å². The topological polar surface area (TPSA) is 15.3 Å². The Morgan fingerprint density at radius 2 is 1.84 bits per heavy atom. The third-order valence-corrected chi connectivity index (χ3v) is 4.81. The molecular formula is C17H36N2. The molecule has 3 atom stereocenters. The molecule has 0 aliphatic carbocycles. The van der Waals surface area contributed by atoms with Crippen molar-refractivity contribution >= 4 is 0 Å². The third-order valence-electron chi connectivity index (χ3n) is 4.81. The van der Waals surface area contributed by atoms with Gasteiger partial charge < -0.3 is 10.2 Å². The van der Waals surface area contributed by atoms with Crippen LogP contribution >= 0.6 is 0 Å². The highest BCUT2D eigenvalue weighted by molar-refractivity contribution is 4.78. The molecule has 0 aromatic carbocycles. The van der Waals surface area contributed by atoms with Gasteiger partial charge in [0.2, 0.25) is 0 Å². The van der Waals surface area contributed by atoms with Crippen LogP contribution in [0.1, 0.15) is 66.7 Å². The van der Waals surface area contributed by atoms with Gasteiger partial charge in [0.25, 0.3) is 0 Å². The quantitative estimate of drug-likeness (QED) is 0.753. The predicted octanol–water partition coefficient (Wildman–Crippen LogP) is 3.91. The summed E-state index contributed by atoms with van der Waals surface area (Å²) < 4.78 is 0. The van der Waals surface area contributed by atoms with Gasteiger partial charge in [-0.2, -0.15) is 0 Å². The highest BCUT2D eigenvalue weighted by atomic mass is 15.2. The monoisotopic (exact) mass is 268 g/mol. The molecular weight excluding hydrogens is 232 g/mol. The van der Waals surface area contributed by atoms with E-state index in [4.69, 9.17) is 0 Å². The van der Waals surface area contributed by atoms with Crippen molar-refractivity contribution in [3.63, 3.8) is 0 Å². The first-order valence-corrected chi connectivity index (χ1v) is 8.52. The fourth-order valence-corrected chi connectivity index (χ4v) is 3.39. The molecule has 114 valence electrons. The molecule has 1 saturated heterocycles. The van der Waals surface area contributed by atoms with E-state index in [-0.39, 0.29) is 0 Å². The molecule has 0 aromatic heterocycles. The van der Waals surface area contributed by atoms with E-state index >= 15 is 0 Å². The first kappa shape index (κ1) is 17.0. The van der Waals surface area contributed by atoms with Crippen LogP contribution in [-0.2, 0) is 0 Å². The Bertz CT molecular complexity index is 227. The number of nitrogens with zero attached hydrogens (tertiary/aromatic N) is 1. The fraction of sp³-hybridized carbons (Fsp3) is 1.00. The molecule has 1 rings (SSSR count). The summed E-state index contributed by atoms with van der Waals surface area (Å²) >= 11 is 0. The summed E-state index contributed by atoms with van der Waals surface area (Å²) in [6.45, 7) is 15.5. The average Bonchev–Trinajstić information content (AvgIpc) is 2.62. The van der Waals surface area contributed by atoms with Gasteiger partial charge in [0.05, 0.1) is 0 Å². The molecule has 0 saturated carbocycles. The number of hydrogen-bond donors (Lipinski definition) is 1. The van der Waals surface area contributed by atoms with Gasteiger partial charge in [0, 0.05) is 12.1 Å². The van der Waals surface area contributed by atoms with Crippen LogP contribution in [0.4, 0.5) is 0 Å². The van der Waals surface area contributed by atoms with Gasteiger partial charge in [0.1, 0.15) is 0 Å². The average molecular weight is 268 g/mol. The lowest BCUT2D eigenvalue weighted by Gasteiger charge is -2.30. The van der Waals surface area contributed by atoms with Crippen LogP contribution in [0.25, 0.3) is 0 Å². The summed E-state index contributed by atoms with van der Waals surface area (Å²) in [6.07, 6.45) is 6.75. The van der Waals surface area contributed by atoms with Gasteiger partial charge in [-0.05, 0) is 77.4 Å². The first-order valence-electron chi connectivity index (χ1n) is 8.52. The lowest BCUT2D eigenvalue weighted by molar-refractivity contribution is 0.190. The van der Waals surface area contributed by atoms with E-state index in [1.165, 1.54) is 45.2 Å². The van der Waals surface area contributed by atoms with Crippen molar-refractivity contribution in [3.05, 3.63) is 0 Å². The predicted molar refractivity (Wildman–Crippen MR) is 85.6 cm³/mol. The molecule has 0 bridgehead atoms. The maximum Gasteiger partial charge on any atom is 0.00816 e. The Morgan fingerprint density at radius 1 is 1.11 bits per heavy atom. The maximum absolute atomic E-state index is 3.62. The highest BCUT2D eigenvalue weighted by Gasteiger charge is 2.22. The van der Waals surface area contributed by atoms with Gasteiger partial charge in [-0.15, -0.1) is 0 Å². The molecule has 2 nitrogen and oxygen atoms in total. The molecule has 2 heteroatoms. The second-order valence-corrected chi connectivity index (χ2v) is 6.91. The molecule has 1 N–H and O–H groups in total. The van der Waals surface area contributed by atoms with E-state index in [2.05, 4.69) is 44.8 Å². The van der Waals surface area contributed by atoms with Gasteiger partial charge in [-0.3, -0.25) is 0 Å². The Hall–Kier alpha value is -0.0800. The Morgan fingerprint density at radius 3 is 2.47 bits per heavy atom. The van der Waals surface area contributed by atoms with Crippen LogP contribution in [-0.4, -0.2) is 36.6 Å². The maximum atomic E-state index is 3.62. The van der Waals surface area contributed by atoms with Crippen molar-refractivity contribution in [2.45, 2.75) is 78.8 Å². The summed E-state index contributed by atoms with van der Waals surface area (Å²) in [5.74, 6) is 1.81. The van der Waals surface area contributed by atoms with Crippen LogP contribution in [0.2, 0.25) is 0 Å². The lowest BCUT2D eigenvalue weighted by Crippen LogP contribution is -2.39. The minimum Gasteiger partial charge on any atom is -0.314 e. The zero-order chi connectivity index (χ0) is 14.3. The normalized spacial score (nSPS) is 25.3. The second-order valence-electron chi connectivity index (χ2n) is 6.91. The van der Waals surface area contributed by atoms with Crippen molar-refractivity contribution in [2.24, 2.45) is 11.8 Å². The molecule has 19 heavy (non-hydrogen) atoms. The fourth-order valence-electron chi connectivity index (χ4n) is 3.39. The summed E-state index contributed by atoms with van der Waals surface area (Å²) in [4.78, 5) is 2.73. The molecule has 1 aliphatic heterocycles. The van der Waals surface area contributed by atoms with Crippen LogP contribution < -0.4 is 5.32 Å². The summed E-state index contributed by atoms with van der Waals surface area (Å²) in [7, 11) is 0. The molecule has 1 heterocycles. The largest absolute Gasteiger partial charge is 0.314 e. The minimum atomic E-state index is 0.652. The lowest BCUT2D eigenvalue weighted by atomic mass is 9.89. The van der Waals surface area contributed by atoms with E-state index in [0.717, 1.165) is 24.4 Å². The van der Waals surface area contributed by atoms with Gasteiger partial charge in [-0.1, -0.05) is 20.8 Å². The Balaban J connectivity index is 2.34. The van der Waals surface area contributed by atoms with Gasteiger partial charge in [0.15, 0.2) is 0 Å². The molecule has 3 unspecified atom stereocenters. The summed E-state index contributed by atoms with van der Waals surface area (Å²) in [5, 5.41) is 3.62. The SMILES string of the molecule is CCCNC(C)CC(C)N1CCCC(C(C)C)CC1. The number of likely N-dealkylation sites (tertiary alicyclic amines) is 1. The van der Waals surface area contributed by atoms with Crippen LogP contribution in [0.3, 0.4) is 0 Å². The second kappa shape index (κ2) is 8.97. The number of rotatable bonds is 7. The van der Waals surface area contributed by atoms with Crippen molar-refractivity contribution in [2.75, 3.05) is 19.6 Å². The van der Waals surface area contributed by atoms with Crippen molar-refractivity contribution in [3.8, 4) is 0 Å². The number of hydrogen-bond acceptors (Lipinski definition) is 2. The summed E-state index contributed by atoms with van der Waals surface area (Å²) in [5.41, 5.74) is 0. The minimum absolute atomic E-state index is 0.652. The number of nitrogens with one attached hydrogen (secondary N) is 1. The van der Waals surface area contributed by atoms with Gasteiger partial charge >= 0.3 is 0 Å². The van der Waals surface area contributed by atoms with Crippen LogP contribution in [0.5, 0.6) is 0 Å². The van der Waals surface area contributed by atoms with E-state index in [0.29, 0.717) is 6.04 Å². The molecule has 1 aliphatic rings. The van der Waals surface area contributed by atoms with Crippen molar-refractivity contribution in [1.29, 1.82) is 0 Å². The molecule has 0 radical (unpaired) electrons. The van der Waals surface area contributed by atoms with Gasteiger partial charge in [-0.25, -0.2) is 0 Å². The molecule has 1 fully saturated rings. The van der Waals surface area contributed by atoms with Crippen molar-refractivity contribution < 1.29 is 0 Å². The van der Waals surface area contributed by atoms with E-state index in [1.807, 2.05) is 0 Å². The van der Waals surface area contributed by atoms with E-state index in [9.17, 15) is 0 Å². The molecule has 0 aromatic rings. The smallest absolute Gasteiger partial charge is 0.00816 e. The standard InChI is InChI=1S/C17H36N2/c1-6-10-18-15(4)13-16(5)19-11-7-8-17(9-12-19)14(2)3/h14-18H,6-13H2,1-5H3. The Kier molecular flexibility index (Phi) is 8.01. The van der Waals surface area contributed by atoms with E-state index in [1.54, 1.807) is 0 Å². The zero-order valence-corrected chi connectivity index (χ0v) is 13.9. The third kappa shape index (κ3) is 6.27. The van der Waals surface area contributed by atoms with Crippen LogP contribution in [0.15, 0.2) is 0 Å². The highest BCUT2D eigenvalue weighted by Crippen LogP contribution is 2.25. The van der Waals surface area contributed by atoms with Crippen LogP contribution in [0, 0.1) is 11.8 Å². The molecule has 0 amide bonds. The zero-order valence-electron chi connectivity index (χ0n) is 13.9. The Labute approximate surface area is 121 Å². The first-order chi connectivity index (χ1) is 9.04. The molecule has 0 spiro atoms. The summed E-state index contributed by atoms with van der Waals surface area (Å²) in [6, 6.07) is 1.38.